The van der Waals surface area contributed by atoms with Crippen LogP contribution in [0.5, 0.6) is 0 Å². The lowest BCUT2D eigenvalue weighted by molar-refractivity contribution is 0.100. The molecule has 30 heavy (non-hydrogen) atoms. The zero-order valence-corrected chi connectivity index (χ0v) is 18.1. The van der Waals surface area contributed by atoms with Crippen LogP contribution >= 0.6 is 11.3 Å². The van der Waals surface area contributed by atoms with Crippen molar-refractivity contribution in [1.82, 2.24) is 9.38 Å². The molecule has 152 valence electrons. The molecule has 3 N–H and O–H groups in total. The zero-order valence-electron chi connectivity index (χ0n) is 17.2. The van der Waals surface area contributed by atoms with Gasteiger partial charge < -0.3 is 11.1 Å². The third-order valence-corrected chi connectivity index (χ3v) is 6.29. The molecule has 0 fully saturated rings. The number of hydrogen-bond donors (Lipinski definition) is 2. The second kappa shape index (κ2) is 7.42. The first kappa shape index (κ1) is 19.8. The molecule has 4 rings (SSSR count). The summed E-state index contributed by atoms with van der Waals surface area (Å²) in [4.78, 5) is 31.0. The lowest BCUT2D eigenvalue weighted by atomic mass is 10.1. The van der Waals surface area contributed by atoms with Crippen molar-refractivity contribution in [3.63, 3.8) is 0 Å². The fourth-order valence-corrected chi connectivity index (χ4v) is 4.52. The van der Waals surface area contributed by atoms with E-state index in [9.17, 15) is 9.59 Å². The molecule has 0 aliphatic heterocycles. The summed E-state index contributed by atoms with van der Waals surface area (Å²) in [5.41, 5.74) is 11.4. The Morgan fingerprint density at radius 3 is 2.33 bits per heavy atom. The van der Waals surface area contributed by atoms with Crippen LogP contribution in [0.3, 0.4) is 0 Å². The summed E-state index contributed by atoms with van der Waals surface area (Å²) in [6.45, 7) is 7.70. The Labute approximate surface area is 178 Å². The Morgan fingerprint density at radius 1 is 1.00 bits per heavy atom. The largest absolute Gasteiger partial charge is 0.365 e. The van der Waals surface area contributed by atoms with E-state index in [1.807, 2.05) is 70.3 Å². The van der Waals surface area contributed by atoms with Gasteiger partial charge in [-0.1, -0.05) is 35.9 Å². The standard InChI is InChI=1S/C23H22N4O2S/c1-12-5-8-16(9-6-12)19-20(27-11-13(2)7-10-17(27)25-19)22(29)26-23-18(21(24)28)14(3)15(4)30-23/h5-11H,1-4H3,(H2,24,28)(H,26,29). The van der Waals surface area contributed by atoms with Crippen LogP contribution in [0.25, 0.3) is 16.9 Å². The lowest BCUT2D eigenvalue weighted by Crippen LogP contribution is -2.19. The first-order valence-corrected chi connectivity index (χ1v) is 10.3. The van der Waals surface area contributed by atoms with Crippen LogP contribution in [0.2, 0.25) is 0 Å². The number of carbonyl (C=O) groups is 2. The number of fused-ring (bicyclic) bond motifs is 1. The van der Waals surface area contributed by atoms with Crippen LogP contribution in [0.1, 0.15) is 42.4 Å². The number of pyridine rings is 1. The zero-order chi connectivity index (χ0) is 21.6. The maximum Gasteiger partial charge on any atom is 0.275 e. The minimum absolute atomic E-state index is 0.340. The molecule has 0 saturated carbocycles. The molecule has 0 aliphatic carbocycles. The number of nitrogens with zero attached hydrogens (tertiary/aromatic N) is 2. The van der Waals surface area contributed by atoms with Crippen molar-refractivity contribution in [3.05, 3.63) is 75.4 Å². The van der Waals surface area contributed by atoms with Crippen LogP contribution in [0.4, 0.5) is 5.00 Å². The van der Waals surface area contributed by atoms with Gasteiger partial charge in [-0.25, -0.2) is 4.98 Å². The number of rotatable bonds is 4. The van der Waals surface area contributed by atoms with Gasteiger partial charge in [0.05, 0.1) is 5.56 Å². The Balaban J connectivity index is 1.87. The summed E-state index contributed by atoms with van der Waals surface area (Å²) in [7, 11) is 0. The van der Waals surface area contributed by atoms with Crippen molar-refractivity contribution in [2.24, 2.45) is 5.73 Å². The van der Waals surface area contributed by atoms with Gasteiger partial charge in [0, 0.05) is 16.6 Å². The number of benzene rings is 1. The molecule has 2 amide bonds. The number of anilines is 1. The van der Waals surface area contributed by atoms with Crippen molar-refractivity contribution in [3.8, 4) is 11.3 Å². The maximum absolute atomic E-state index is 13.4. The Morgan fingerprint density at radius 2 is 1.67 bits per heavy atom. The number of aromatic nitrogens is 2. The van der Waals surface area contributed by atoms with Crippen molar-refractivity contribution >= 4 is 33.8 Å². The highest BCUT2D eigenvalue weighted by Crippen LogP contribution is 2.33. The van der Waals surface area contributed by atoms with Crippen LogP contribution in [0.15, 0.2) is 42.6 Å². The Kier molecular flexibility index (Phi) is 4.91. The van der Waals surface area contributed by atoms with Gasteiger partial charge in [0.15, 0.2) is 0 Å². The summed E-state index contributed by atoms with van der Waals surface area (Å²) >= 11 is 1.34. The van der Waals surface area contributed by atoms with Gasteiger partial charge in [0.2, 0.25) is 0 Å². The molecule has 1 aromatic carbocycles. The van der Waals surface area contributed by atoms with Gasteiger partial charge >= 0.3 is 0 Å². The van der Waals surface area contributed by atoms with Gasteiger partial charge in [-0.2, -0.15) is 0 Å². The van der Waals surface area contributed by atoms with Crippen molar-refractivity contribution in [1.29, 1.82) is 0 Å². The van der Waals surface area contributed by atoms with Crippen LogP contribution in [-0.2, 0) is 0 Å². The number of nitrogens with two attached hydrogens (primary N) is 1. The Hall–Kier alpha value is -3.45. The summed E-state index contributed by atoms with van der Waals surface area (Å²) in [5, 5.41) is 3.37. The number of aryl methyl sites for hydroxylation is 3. The van der Waals surface area contributed by atoms with Crippen LogP contribution < -0.4 is 11.1 Å². The van der Waals surface area contributed by atoms with Crippen molar-refractivity contribution in [2.75, 3.05) is 5.32 Å². The molecule has 0 unspecified atom stereocenters. The van der Waals surface area contributed by atoms with Gasteiger partial charge in [0.25, 0.3) is 11.8 Å². The van der Waals surface area contributed by atoms with E-state index >= 15 is 0 Å². The second-order valence-electron chi connectivity index (χ2n) is 7.42. The summed E-state index contributed by atoms with van der Waals surface area (Å²) in [6, 6.07) is 11.7. The molecule has 7 heteroatoms. The predicted molar refractivity (Wildman–Crippen MR) is 120 cm³/mol. The molecule has 4 aromatic rings. The van der Waals surface area contributed by atoms with Crippen LogP contribution in [0, 0.1) is 27.7 Å². The highest BCUT2D eigenvalue weighted by atomic mass is 32.1. The summed E-state index contributed by atoms with van der Waals surface area (Å²) in [5.74, 6) is -0.896. The SMILES string of the molecule is Cc1ccc(-c2nc3ccc(C)cn3c2C(=O)Nc2sc(C)c(C)c2C(N)=O)cc1. The van der Waals surface area contributed by atoms with E-state index in [1.54, 1.807) is 4.40 Å². The number of primary amides is 1. The fraction of sp³-hybridized carbons (Fsp3) is 0.174. The number of imidazole rings is 1. The monoisotopic (exact) mass is 418 g/mol. The van der Waals surface area contributed by atoms with Gasteiger partial charge in [-0.05, 0) is 44.9 Å². The minimum atomic E-state index is -0.556. The van der Waals surface area contributed by atoms with Crippen molar-refractivity contribution < 1.29 is 9.59 Å². The number of hydrogen-bond acceptors (Lipinski definition) is 4. The second-order valence-corrected chi connectivity index (χ2v) is 8.64. The van der Waals surface area contributed by atoms with E-state index in [0.717, 1.165) is 27.1 Å². The average Bonchev–Trinajstić information content (AvgIpc) is 3.19. The van der Waals surface area contributed by atoms with Gasteiger partial charge in [0.1, 0.15) is 22.0 Å². The molecule has 0 atom stereocenters. The quantitative estimate of drug-likeness (QED) is 0.506. The first-order chi connectivity index (χ1) is 14.3. The van der Waals surface area contributed by atoms with E-state index in [2.05, 4.69) is 5.32 Å². The lowest BCUT2D eigenvalue weighted by Gasteiger charge is -2.08. The summed E-state index contributed by atoms with van der Waals surface area (Å²) in [6.07, 6.45) is 1.88. The molecule has 0 bridgehead atoms. The number of amides is 2. The topological polar surface area (TPSA) is 89.5 Å². The summed E-state index contributed by atoms with van der Waals surface area (Å²) < 4.78 is 1.79. The van der Waals surface area contributed by atoms with Gasteiger partial charge in [-0.15, -0.1) is 11.3 Å². The number of thiophene rings is 1. The highest BCUT2D eigenvalue weighted by molar-refractivity contribution is 7.16. The smallest absolute Gasteiger partial charge is 0.275 e. The molecule has 3 aromatic heterocycles. The van der Waals surface area contributed by atoms with E-state index in [-0.39, 0.29) is 5.91 Å². The molecule has 0 spiro atoms. The van der Waals surface area contributed by atoms with Crippen LogP contribution in [-0.4, -0.2) is 21.2 Å². The maximum atomic E-state index is 13.4. The molecule has 6 nitrogen and oxygen atoms in total. The predicted octanol–water partition coefficient (Wildman–Crippen LogP) is 4.65. The molecule has 0 aliphatic rings. The van der Waals surface area contributed by atoms with E-state index in [4.69, 9.17) is 10.7 Å². The first-order valence-electron chi connectivity index (χ1n) is 9.53. The third-order valence-electron chi connectivity index (χ3n) is 5.17. The molecular formula is C23H22N4O2S. The normalized spacial score (nSPS) is 11.1. The Bertz CT molecular complexity index is 1300. The van der Waals surface area contributed by atoms with Crippen molar-refractivity contribution in [2.45, 2.75) is 27.7 Å². The van der Waals surface area contributed by atoms with E-state index in [1.165, 1.54) is 11.3 Å². The third kappa shape index (κ3) is 3.37. The molecular weight excluding hydrogens is 396 g/mol. The fourth-order valence-electron chi connectivity index (χ4n) is 3.45. The highest BCUT2D eigenvalue weighted by Gasteiger charge is 2.24. The molecule has 0 saturated heterocycles. The van der Waals surface area contributed by atoms with E-state index in [0.29, 0.717) is 27.6 Å². The van der Waals surface area contributed by atoms with E-state index < -0.39 is 5.91 Å². The molecule has 3 heterocycles. The minimum Gasteiger partial charge on any atom is -0.365 e. The average molecular weight is 419 g/mol. The van der Waals surface area contributed by atoms with Gasteiger partial charge in [-0.3, -0.25) is 14.0 Å². The number of nitrogens with one attached hydrogen (secondary N) is 1. The number of carbonyl (C=O) groups excluding carboxylic acids is 2. The molecule has 0 radical (unpaired) electrons.